The van der Waals surface area contributed by atoms with Crippen LogP contribution in [0.15, 0.2) is 53.4 Å². The second-order valence-corrected chi connectivity index (χ2v) is 7.87. The van der Waals surface area contributed by atoms with Crippen LogP contribution < -0.4 is 5.32 Å². The van der Waals surface area contributed by atoms with Gasteiger partial charge in [0.05, 0.1) is 0 Å². The summed E-state index contributed by atoms with van der Waals surface area (Å²) in [6.45, 7) is 4.28. The van der Waals surface area contributed by atoms with Gasteiger partial charge in [0, 0.05) is 40.7 Å². The maximum absolute atomic E-state index is 11.4. The summed E-state index contributed by atoms with van der Waals surface area (Å²) < 4.78 is 11.4. The van der Waals surface area contributed by atoms with Crippen molar-refractivity contribution >= 4 is 16.5 Å². The Bertz CT molecular complexity index is 678. The Morgan fingerprint density at radius 1 is 1.00 bits per heavy atom. The summed E-state index contributed by atoms with van der Waals surface area (Å²) in [6.07, 6.45) is 5.75. The van der Waals surface area contributed by atoms with Gasteiger partial charge in [-0.05, 0) is 61.3 Å². The zero-order chi connectivity index (χ0) is 16.8. The highest BCUT2D eigenvalue weighted by Gasteiger charge is 2.10. The molecule has 1 unspecified atom stereocenters. The predicted molar refractivity (Wildman–Crippen MR) is 102 cm³/mol. The Morgan fingerprint density at radius 2 is 1.75 bits per heavy atom. The minimum absolute atomic E-state index is 0.782. The lowest BCUT2D eigenvalue weighted by molar-refractivity contribution is 0.221. The van der Waals surface area contributed by atoms with E-state index in [0.29, 0.717) is 0 Å². The fraction of sp³-hybridized carbons (Fsp3) is 0.400. The van der Waals surface area contributed by atoms with Crippen LogP contribution in [0.3, 0.4) is 0 Å². The first-order chi connectivity index (χ1) is 11.7. The van der Waals surface area contributed by atoms with E-state index in [4.69, 9.17) is 0 Å². The monoisotopic (exact) mass is 342 g/mol. The molecule has 4 heteroatoms. The topological polar surface area (TPSA) is 32.3 Å². The van der Waals surface area contributed by atoms with Crippen molar-refractivity contribution in [1.29, 1.82) is 0 Å². The fourth-order valence-electron chi connectivity index (χ4n) is 3.16. The zero-order valence-corrected chi connectivity index (χ0v) is 15.1. The molecule has 3 rings (SSSR count). The van der Waals surface area contributed by atoms with Crippen molar-refractivity contribution in [3.05, 3.63) is 59.7 Å². The van der Waals surface area contributed by atoms with E-state index in [2.05, 4.69) is 34.5 Å². The smallest absolute Gasteiger partial charge is 0.0498 e. The number of likely N-dealkylation sites (tertiary alicyclic amines) is 1. The highest BCUT2D eigenvalue weighted by Crippen LogP contribution is 2.17. The number of hydrogen-bond acceptors (Lipinski definition) is 3. The van der Waals surface area contributed by atoms with Gasteiger partial charge in [-0.25, -0.2) is 0 Å². The fourth-order valence-corrected chi connectivity index (χ4v) is 3.68. The van der Waals surface area contributed by atoms with Crippen LogP contribution in [0.4, 0.5) is 5.69 Å². The van der Waals surface area contributed by atoms with E-state index in [0.717, 1.165) is 23.7 Å². The number of hydrogen-bond donors (Lipinski definition) is 1. The third-order valence-corrected chi connectivity index (χ3v) is 5.47. The first-order valence-corrected chi connectivity index (χ1v) is 10.2. The molecule has 0 amide bonds. The highest BCUT2D eigenvalue weighted by molar-refractivity contribution is 7.84. The molecule has 2 aromatic carbocycles. The number of piperidine rings is 1. The van der Waals surface area contributed by atoms with E-state index >= 15 is 0 Å². The lowest BCUT2D eigenvalue weighted by Gasteiger charge is -2.26. The summed E-state index contributed by atoms with van der Waals surface area (Å²) >= 11 is 0. The van der Waals surface area contributed by atoms with Gasteiger partial charge in [-0.1, -0.05) is 30.7 Å². The molecule has 0 spiro atoms. The molecule has 1 N–H and O–H groups in total. The summed E-state index contributed by atoms with van der Waals surface area (Å²) in [5.74, 6) is 0. The van der Waals surface area contributed by atoms with Crippen LogP contribution in [0.25, 0.3) is 0 Å². The number of rotatable bonds is 6. The number of anilines is 1. The molecule has 0 radical (unpaired) electrons. The molecule has 24 heavy (non-hydrogen) atoms. The van der Waals surface area contributed by atoms with Crippen LogP contribution in [0.5, 0.6) is 0 Å². The average Bonchev–Trinajstić information content (AvgIpc) is 2.61. The van der Waals surface area contributed by atoms with Crippen molar-refractivity contribution in [2.45, 2.75) is 37.2 Å². The first-order valence-electron chi connectivity index (χ1n) is 8.68. The molecule has 1 fully saturated rings. The van der Waals surface area contributed by atoms with E-state index in [-0.39, 0.29) is 0 Å². The Hall–Kier alpha value is -1.65. The number of nitrogens with one attached hydrogen (secondary N) is 1. The third kappa shape index (κ3) is 4.92. The van der Waals surface area contributed by atoms with E-state index in [9.17, 15) is 4.21 Å². The first kappa shape index (κ1) is 17.2. The number of benzene rings is 2. The predicted octanol–water partition coefficient (Wildman–Crippen LogP) is 4.02. The molecule has 0 aromatic heterocycles. The number of nitrogens with zero attached hydrogens (tertiary/aromatic N) is 1. The van der Waals surface area contributed by atoms with Gasteiger partial charge in [0.15, 0.2) is 0 Å². The van der Waals surface area contributed by atoms with Crippen LogP contribution in [-0.4, -0.2) is 28.5 Å². The Labute approximate surface area is 147 Å². The van der Waals surface area contributed by atoms with Gasteiger partial charge < -0.3 is 5.32 Å². The lowest BCUT2D eigenvalue weighted by atomic mass is 10.1. The maximum Gasteiger partial charge on any atom is 0.0498 e. The van der Waals surface area contributed by atoms with E-state index in [1.54, 1.807) is 6.26 Å². The third-order valence-electron chi connectivity index (χ3n) is 4.53. The van der Waals surface area contributed by atoms with Gasteiger partial charge in [0.2, 0.25) is 0 Å². The molecule has 0 aliphatic carbocycles. The summed E-state index contributed by atoms with van der Waals surface area (Å²) in [4.78, 5) is 3.42. The minimum atomic E-state index is -0.909. The van der Waals surface area contributed by atoms with Crippen molar-refractivity contribution in [3.63, 3.8) is 0 Å². The molecule has 1 saturated heterocycles. The van der Waals surface area contributed by atoms with Gasteiger partial charge in [0.1, 0.15) is 0 Å². The van der Waals surface area contributed by atoms with E-state index in [1.165, 1.54) is 43.5 Å². The van der Waals surface area contributed by atoms with Gasteiger partial charge in [-0.2, -0.15) is 0 Å². The molecule has 0 bridgehead atoms. The average molecular weight is 343 g/mol. The second-order valence-electron chi connectivity index (χ2n) is 6.49. The van der Waals surface area contributed by atoms with Crippen LogP contribution in [-0.2, 0) is 23.9 Å². The van der Waals surface area contributed by atoms with Crippen LogP contribution in [0, 0.1) is 0 Å². The lowest BCUT2D eigenvalue weighted by Crippen LogP contribution is -2.29. The molecule has 1 aliphatic heterocycles. The second kappa shape index (κ2) is 8.45. The van der Waals surface area contributed by atoms with E-state index in [1.807, 2.05) is 24.3 Å². The largest absolute Gasteiger partial charge is 0.381 e. The van der Waals surface area contributed by atoms with Crippen molar-refractivity contribution < 1.29 is 4.21 Å². The molecule has 2 aromatic rings. The van der Waals surface area contributed by atoms with Crippen molar-refractivity contribution in [1.82, 2.24) is 4.90 Å². The normalized spacial score (nSPS) is 16.7. The van der Waals surface area contributed by atoms with Crippen LogP contribution in [0.2, 0.25) is 0 Å². The molecule has 0 saturated carbocycles. The van der Waals surface area contributed by atoms with Gasteiger partial charge >= 0.3 is 0 Å². The SMILES string of the molecule is CS(=O)c1ccc(CNc2cccc(CN3CCCCC3)c2)cc1. The molecule has 1 heterocycles. The summed E-state index contributed by atoms with van der Waals surface area (Å²) in [7, 11) is -0.909. The van der Waals surface area contributed by atoms with Crippen LogP contribution in [0.1, 0.15) is 30.4 Å². The molecule has 3 nitrogen and oxygen atoms in total. The molecule has 128 valence electrons. The Morgan fingerprint density at radius 3 is 2.46 bits per heavy atom. The molecule has 1 aliphatic rings. The van der Waals surface area contributed by atoms with Gasteiger partial charge in [-0.15, -0.1) is 0 Å². The standard InChI is InChI=1S/C20H26N2OS/c1-24(23)20-10-8-17(9-11-20)15-21-19-7-5-6-18(14-19)16-22-12-3-2-4-13-22/h5-11,14,21H,2-4,12-13,15-16H2,1H3. The van der Waals surface area contributed by atoms with Crippen LogP contribution >= 0.6 is 0 Å². The summed E-state index contributed by atoms with van der Waals surface area (Å²) in [6, 6.07) is 16.7. The molecular formula is C20H26N2OS. The molecular weight excluding hydrogens is 316 g/mol. The van der Waals surface area contributed by atoms with Gasteiger partial charge in [0.25, 0.3) is 0 Å². The van der Waals surface area contributed by atoms with Gasteiger partial charge in [-0.3, -0.25) is 9.11 Å². The van der Waals surface area contributed by atoms with E-state index < -0.39 is 10.8 Å². The van der Waals surface area contributed by atoms with Crippen molar-refractivity contribution in [2.24, 2.45) is 0 Å². The zero-order valence-electron chi connectivity index (χ0n) is 14.3. The summed E-state index contributed by atoms with van der Waals surface area (Å²) in [5, 5.41) is 3.49. The highest BCUT2D eigenvalue weighted by atomic mass is 32.2. The Balaban J connectivity index is 1.56. The Kier molecular flexibility index (Phi) is 6.05. The quantitative estimate of drug-likeness (QED) is 0.860. The van der Waals surface area contributed by atoms with Crippen molar-refractivity contribution in [2.75, 3.05) is 24.7 Å². The molecule has 1 atom stereocenters. The minimum Gasteiger partial charge on any atom is -0.381 e. The van der Waals surface area contributed by atoms with Crippen molar-refractivity contribution in [3.8, 4) is 0 Å². The summed E-state index contributed by atoms with van der Waals surface area (Å²) in [5.41, 5.74) is 3.73. The maximum atomic E-state index is 11.4.